The highest BCUT2D eigenvalue weighted by atomic mass is 32.1. The van der Waals surface area contributed by atoms with Gasteiger partial charge in [-0.2, -0.15) is 0 Å². The fourth-order valence-electron chi connectivity index (χ4n) is 4.86. The van der Waals surface area contributed by atoms with Gasteiger partial charge in [-0.15, -0.1) is 11.3 Å². The van der Waals surface area contributed by atoms with Crippen LogP contribution in [0.2, 0.25) is 0 Å². The summed E-state index contributed by atoms with van der Waals surface area (Å²) >= 11 is 1.70. The van der Waals surface area contributed by atoms with Crippen LogP contribution in [0.3, 0.4) is 0 Å². The molecule has 172 valence electrons. The van der Waals surface area contributed by atoms with Crippen LogP contribution in [0.1, 0.15) is 29.8 Å². The van der Waals surface area contributed by atoms with E-state index in [1.807, 2.05) is 18.2 Å². The second-order valence-electron chi connectivity index (χ2n) is 8.92. The molecule has 0 spiro atoms. The van der Waals surface area contributed by atoms with Gasteiger partial charge in [-0.05, 0) is 31.0 Å². The summed E-state index contributed by atoms with van der Waals surface area (Å²) in [5.41, 5.74) is 2.10. The van der Waals surface area contributed by atoms with Gasteiger partial charge in [0.1, 0.15) is 16.5 Å². The molecule has 0 unspecified atom stereocenters. The summed E-state index contributed by atoms with van der Waals surface area (Å²) < 4.78 is 10.9. The van der Waals surface area contributed by atoms with E-state index in [-0.39, 0.29) is 5.91 Å². The highest BCUT2D eigenvalue weighted by molar-refractivity contribution is 7.15. The van der Waals surface area contributed by atoms with Gasteiger partial charge in [0.2, 0.25) is 5.91 Å². The van der Waals surface area contributed by atoms with Crippen LogP contribution in [-0.4, -0.2) is 85.1 Å². The van der Waals surface area contributed by atoms with Gasteiger partial charge in [-0.25, -0.2) is 4.98 Å². The lowest BCUT2D eigenvalue weighted by Gasteiger charge is -2.43. The number of amides is 1. The number of hydrogen-bond donors (Lipinski definition) is 0. The van der Waals surface area contributed by atoms with E-state index in [9.17, 15) is 4.79 Å². The standard InChI is InChI=1S/C24H32N4O3S/c1-30-18-6-7-21(31-2)19(14-18)24-25-20-8-9-26(15-22(20)32-24)16-23(29)28-12-10-27(11-13-28)17-4-3-5-17/h6-7,14,17H,3-5,8-13,15-16H2,1-2H3. The van der Waals surface area contributed by atoms with Crippen molar-refractivity contribution in [1.82, 2.24) is 19.7 Å². The highest BCUT2D eigenvalue weighted by Crippen LogP contribution is 2.38. The molecule has 2 fully saturated rings. The Hall–Kier alpha value is -2.16. The van der Waals surface area contributed by atoms with E-state index in [1.54, 1.807) is 25.6 Å². The molecule has 1 saturated heterocycles. The van der Waals surface area contributed by atoms with Gasteiger partial charge in [-0.3, -0.25) is 14.6 Å². The van der Waals surface area contributed by atoms with Crippen LogP contribution in [0.15, 0.2) is 18.2 Å². The number of ether oxygens (including phenoxy) is 2. The van der Waals surface area contributed by atoms with E-state index in [4.69, 9.17) is 14.5 Å². The molecule has 1 aromatic carbocycles. The molecule has 0 N–H and O–H groups in total. The zero-order chi connectivity index (χ0) is 22.1. The summed E-state index contributed by atoms with van der Waals surface area (Å²) in [6, 6.07) is 6.57. The van der Waals surface area contributed by atoms with Crippen LogP contribution in [0.25, 0.3) is 10.6 Å². The van der Waals surface area contributed by atoms with Crippen molar-refractivity contribution in [3.63, 3.8) is 0 Å². The lowest BCUT2D eigenvalue weighted by Crippen LogP contribution is -2.55. The lowest BCUT2D eigenvalue weighted by molar-refractivity contribution is -0.135. The topological polar surface area (TPSA) is 58.1 Å². The number of hydrogen-bond acceptors (Lipinski definition) is 7. The fraction of sp³-hybridized carbons (Fsp3) is 0.583. The average Bonchev–Trinajstić information content (AvgIpc) is 3.21. The third-order valence-electron chi connectivity index (χ3n) is 7.06. The maximum absolute atomic E-state index is 12.9. The molecule has 0 radical (unpaired) electrons. The molecule has 32 heavy (non-hydrogen) atoms. The second-order valence-corrected chi connectivity index (χ2v) is 10.0. The molecule has 3 heterocycles. The smallest absolute Gasteiger partial charge is 0.236 e. The number of nitrogens with zero attached hydrogens (tertiary/aromatic N) is 4. The number of carbonyl (C=O) groups excluding carboxylic acids is 1. The molecular formula is C24H32N4O3S. The first-order valence-electron chi connectivity index (χ1n) is 11.6. The molecule has 5 rings (SSSR count). The number of thiazole rings is 1. The van der Waals surface area contributed by atoms with Crippen molar-refractivity contribution in [3.05, 3.63) is 28.8 Å². The minimum atomic E-state index is 0.265. The van der Waals surface area contributed by atoms with E-state index in [1.165, 1.54) is 24.1 Å². The molecule has 1 saturated carbocycles. The quantitative estimate of drug-likeness (QED) is 0.666. The van der Waals surface area contributed by atoms with Crippen LogP contribution in [-0.2, 0) is 17.8 Å². The Labute approximate surface area is 193 Å². The minimum Gasteiger partial charge on any atom is -0.497 e. The maximum atomic E-state index is 12.9. The normalized spacial score (nSPS) is 20.0. The van der Waals surface area contributed by atoms with Crippen LogP contribution in [0.4, 0.5) is 0 Å². The molecule has 8 heteroatoms. The Morgan fingerprint density at radius 2 is 1.94 bits per heavy atom. The molecule has 0 atom stereocenters. The summed E-state index contributed by atoms with van der Waals surface area (Å²) in [5, 5.41) is 0.950. The van der Waals surface area contributed by atoms with E-state index in [0.717, 1.165) is 79.5 Å². The van der Waals surface area contributed by atoms with Gasteiger partial charge in [-0.1, -0.05) is 6.42 Å². The van der Waals surface area contributed by atoms with Crippen molar-refractivity contribution in [1.29, 1.82) is 0 Å². The number of rotatable bonds is 6. The Bertz CT molecular complexity index is 966. The summed E-state index contributed by atoms with van der Waals surface area (Å²) in [7, 11) is 3.35. The average molecular weight is 457 g/mol. The predicted octanol–water partition coefficient (Wildman–Crippen LogP) is 2.88. The van der Waals surface area contributed by atoms with Gasteiger partial charge >= 0.3 is 0 Å². The minimum absolute atomic E-state index is 0.265. The molecule has 1 amide bonds. The largest absolute Gasteiger partial charge is 0.497 e. The molecule has 2 aliphatic heterocycles. The molecule has 0 bridgehead atoms. The van der Waals surface area contributed by atoms with Crippen molar-refractivity contribution >= 4 is 17.2 Å². The molecule has 1 aliphatic carbocycles. The second kappa shape index (κ2) is 9.37. The first kappa shape index (κ1) is 21.7. The van der Waals surface area contributed by atoms with Crippen LogP contribution >= 0.6 is 11.3 Å². The molecule has 2 aromatic rings. The zero-order valence-corrected chi connectivity index (χ0v) is 19.8. The SMILES string of the molecule is COc1ccc(OC)c(-c2nc3c(s2)CN(CC(=O)N2CCN(C4CCC4)CC2)CC3)c1. The van der Waals surface area contributed by atoms with Gasteiger partial charge in [0.05, 0.1) is 32.0 Å². The van der Waals surface area contributed by atoms with Gasteiger partial charge in [0.25, 0.3) is 0 Å². The first-order valence-corrected chi connectivity index (χ1v) is 12.4. The van der Waals surface area contributed by atoms with Gasteiger partial charge in [0.15, 0.2) is 0 Å². The summed E-state index contributed by atoms with van der Waals surface area (Å²) in [5.74, 6) is 1.85. The van der Waals surface area contributed by atoms with Crippen molar-refractivity contribution in [3.8, 4) is 22.1 Å². The van der Waals surface area contributed by atoms with E-state index < -0.39 is 0 Å². The number of aromatic nitrogens is 1. The molecule has 1 aromatic heterocycles. The Balaban J connectivity index is 1.21. The highest BCUT2D eigenvalue weighted by Gasteiger charge is 2.30. The third-order valence-corrected chi connectivity index (χ3v) is 8.18. The number of fused-ring (bicyclic) bond motifs is 1. The van der Waals surface area contributed by atoms with Gasteiger partial charge in [0, 0.05) is 56.6 Å². The third kappa shape index (κ3) is 4.36. The van der Waals surface area contributed by atoms with E-state index in [0.29, 0.717) is 6.54 Å². The van der Waals surface area contributed by atoms with E-state index >= 15 is 0 Å². The van der Waals surface area contributed by atoms with E-state index in [2.05, 4.69) is 14.7 Å². The molecular weight excluding hydrogens is 424 g/mol. The number of benzene rings is 1. The van der Waals surface area contributed by atoms with Crippen LogP contribution in [0, 0.1) is 0 Å². The van der Waals surface area contributed by atoms with Gasteiger partial charge < -0.3 is 14.4 Å². The number of methoxy groups -OCH3 is 2. The molecule has 3 aliphatic rings. The zero-order valence-electron chi connectivity index (χ0n) is 19.0. The molecule has 7 nitrogen and oxygen atoms in total. The Morgan fingerprint density at radius 1 is 1.12 bits per heavy atom. The van der Waals surface area contributed by atoms with Crippen molar-refractivity contribution in [2.75, 3.05) is 53.5 Å². The summed E-state index contributed by atoms with van der Waals surface area (Å²) in [6.07, 6.45) is 4.91. The number of carbonyl (C=O) groups is 1. The van der Waals surface area contributed by atoms with Crippen molar-refractivity contribution in [2.24, 2.45) is 0 Å². The predicted molar refractivity (Wildman–Crippen MR) is 125 cm³/mol. The summed E-state index contributed by atoms with van der Waals surface area (Å²) in [4.78, 5) is 26.0. The Kier molecular flexibility index (Phi) is 6.35. The lowest BCUT2D eigenvalue weighted by atomic mass is 9.91. The maximum Gasteiger partial charge on any atom is 0.236 e. The monoisotopic (exact) mass is 456 g/mol. The van der Waals surface area contributed by atoms with Crippen molar-refractivity contribution < 1.29 is 14.3 Å². The first-order chi connectivity index (χ1) is 15.6. The van der Waals surface area contributed by atoms with Crippen LogP contribution < -0.4 is 9.47 Å². The van der Waals surface area contributed by atoms with Crippen LogP contribution in [0.5, 0.6) is 11.5 Å². The Morgan fingerprint density at radius 3 is 2.62 bits per heavy atom. The summed E-state index contributed by atoms with van der Waals surface area (Å²) in [6.45, 7) is 5.95. The van der Waals surface area contributed by atoms with Crippen molar-refractivity contribution in [2.45, 2.75) is 38.3 Å². The fourth-order valence-corrected chi connectivity index (χ4v) is 6.03. The number of piperazine rings is 1.